The number of methoxy groups -OCH3 is 1. The predicted octanol–water partition coefficient (Wildman–Crippen LogP) is 1.75. The van der Waals surface area contributed by atoms with Crippen molar-refractivity contribution >= 4 is 17.7 Å². The fourth-order valence-electron chi connectivity index (χ4n) is 2.24. The van der Waals surface area contributed by atoms with Crippen LogP contribution in [0.2, 0.25) is 0 Å². The van der Waals surface area contributed by atoms with Gasteiger partial charge >= 0.3 is 5.97 Å². The molecule has 1 aliphatic carbocycles. The highest BCUT2D eigenvalue weighted by Crippen LogP contribution is 2.41. The lowest BCUT2D eigenvalue weighted by Gasteiger charge is -2.28. The maximum Gasteiger partial charge on any atom is 0.312 e. The Labute approximate surface area is 106 Å². The van der Waals surface area contributed by atoms with E-state index in [9.17, 15) is 9.90 Å². The first-order valence-corrected chi connectivity index (χ1v) is 5.84. The third-order valence-corrected chi connectivity index (χ3v) is 3.51. The summed E-state index contributed by atoms with van der Waals surface area (Å²) in [5.41, 5.74) is 1.25. The number of carbonyl (C=O) groups is 1. The van der Waals surface area contributed by atoms with Gasteiger partial charge in [0.2, 0.25) is 0 Å². The van der Waals surface area contributed by atoms with E-state index in [0.29, 0.717) is 0 Å². The van der Waals surface area contributed by atoms with Crippen LogP contribution in [0.4, 0.5) is 5.69 Å². The average molecular weight is 247 g/mol. The molecule has 96 valence electrons. The molecule has 0 saturated carbocycles. The molecule has 0 spiro atoms. The van der Waals surface area contributed by atoms with Gasteiger partial charge < -0.3 is 15.2 Å². The number of hydrogen-bond acceptors (Lipinski definition) is 4. The first-order valence-electron chi connectivity index (χ1n) is 5.84. The number of benzene rings is 1. The number of anilines is 1. The van der Waals surface area contributed by atoms with Gasteiger partial charge in [-0.2, -0.15) is 0 Å². The number of aliphatic hydroxyl groups is 1. The predicted molar refractivity (Wildman–Crippen MR) is 70.1 cm³/mol. The first-order chi connectivity index (χ1) is 8.52. The minimum Gasteiger partial charge on any atom is -0.469 e. The molecule has 4 heteroatoms. The van der Waals surface area contributed by atoms with Gasteiger partial charge in [-0.05, 0) is 36.3 Å². The van der Waals surface area contributed by atoms with Gasteiger partial charge in [-0.25, -0.2) is 0 Å². The van der Waals surface area contributed by atoms with Crippen LogP contribution in [-0.4, -0.2) is 25.2 Å². The van der Waals surface area contributed by atoms with Crippen molar-refractivity contribution in [2.24, 2.45) is 5.92 Å². The van der Waals surface area contributed by atoms with Crippen LogP contribution in [0.5, 0.6) is 0 Å². The Bertz CT molecular complexity index is 510. The van der Waals surface area contributed by atoms with Crippen molar-refractivity contribution in [3.63, 3.8) is 0 Å². The second kappa shape index (κ2) is 4.46. The van der Waals surface area contributed by atoms with Crippen LogP contribution in [-0.2, 0) is 15.1 Å². The number of fused-ring (bicyclic) bond motifs is 1. The van der Waals surface area contributed by atoms with E-state index in [4.69, 9.17) is 4.74 Å². The molecule has 2 unspecified atom stereocenters. The summed E-state index contributed by atoms with van der Waals surface area (Å²) in [4.78, 5) is 11.6. The minimum atomic E-state index is -1.30. The summed E-state index contributed by atoms with van der Waals surface area (Å²) in [7, 11) is 3.14. The van der Waals surface area contributed by atoms with Gasteiger partial charge in [-0.3, -0.25) is 4.79 Å². The fourth-order valence-corrected chi connectivity index (χ4v) is 2.24. The van der Waals surface area contributed by atoms with Gasteiger partial charge in [-0.15, -0.1) is 0 Å². The van der Waals surface area contributed by atoms with E-state index >= 15 is 0 Å². The van der Waals surface area contributed by atoms with E-state index in [2.05, 4.69) is 5.32 Å². The van der Waals surface area contributed by atoms with Gasteiger partial charge in [0.05, 0.1) is 13.0 Å². The van der Waals surface area contributed by atoms with Crippen molar-refractivity contribution in [2.45, 2.75) is 12.5 Å². The summed E-state index contributed by atoms with van der Waals surface area (Å²) in [5.74, 6) is -1.07. The monoisotopic (exact) mass is 247 g/mol. The van der Waals surface area contributed by atoms with Crippen LogP contribution in [0.3, 0.4) is 0 Å². The maximum absolute atomic E-state index is 11.6. The highest BCUT2D eigenvalue weighted by atomic mass is 16.5. The van der Waals surface area contributed by atoms with Crippen molar-refractivity contribution in [2.75, 3.05) is 19.5 Å². The molecule has 18 heavy (non-hydrogen) atoms. The Kier molecular flexibility index (Phi) is 3.13. The van der Waals surface area contributed by atoms with Crippen molar-refractivity contribution in [1.29, 1.82) is 0 Å². The smallest absolute Gasteiger partial charge is 0.312 e. The fraction of sp³-hybridized carbons (Fsp3) is 0.357. The van der Waals surface area contributed by atoms with Crippen LogP contribution < -0.4 is 5.32 Å². The van der Waals surface area contributed by atoms with Gasteiger partial charge in [0.1, 0.15) is 5.60 Å². The molecule has 2 atom stereocenters. The van der Waals surface area contributed by atoms with Crippen LogP contribution in [0.25, 0.3) is 6.08 Å². The molecular weight excluding hydrogens is 230 g/mol. The molecule has 1 aromatic carbocycles. The summed E-state index contributed by atoms with van der Waals surface area (Å²) in [6.07, 6.45) is 3.48. The van der Waals surface area contributed by atoms with E-state index < -0.39 is 17.5 Å². The number of carbonyl (C=O) groups excluding carboxylic acids is 1. The van der Waals surface area contributed by atoms with Gasteiger partial charge in [0.15, 0.2) is 0 Å². The van der Waals surface area contributed by atoms with Gasteiger partial charge in [0.25, 0.3) is 0 Å². The lowest BCUT2D eigenvalue weighted by atomic mass is 9.84. The Morgan fingerprint density at radius 3 is 2.83 bits per heavy atom. The highest BCUT2D eigenvalue weighted by Gasteiger charge is 2.42. The zero-order chi connectivity index (χ0) is 13.3. The topological polar surface area (TPSA) is 58.6 Å². The summed E-state index contributed by atoms with van der Waals surface area (Å²) in [5, 5.41) is 13.7. The summed E-state index contributed by atoms with van der Waals surface area (Å²) in [6.45, 7) is 1.66. The molecule has 4 nitrogen and oxygen atoms in total. The molecule has 0 heterocycles. The second-order valence-corrected chi connectivity index (χ2v) is 4.46. The first kappa shape index (κ1) is 12.6. The summed E-state index contributed by atoms with van der Waals surface area (Å²) >= 11 is 0. The zero-order valence-corrected chi connectivity index (χ0v) is 10.7. The minimum absolute atomic E-state index is 0.426. The largest absolute Gasteiger partial charge is 0.469 e. The van der Waals surface area contributed by atoms with E-state index in [-0.39, 0.29) is 0 Å². The molecule has 2 rings (SSSR count). The Morgan fingerprint density at radius 2 is 2.22 bits per heavy atom. The molecule has 0 bridgehead atoms. The quantitative estimate of drug-likeness (QED) is 0.799. The molecule has 2 N–H and O–H groups in total. The Hall–Kier alpha value is -1.81. The maximum atomic E-state index is 11.6. The van der Waals surface area contributed by atoms with Crippen LogP contribution in [0.1, 0.15) is 18.1 Å². The molecule has 0 aliphatic heterocycles. The van der Waals surface area contributed by atoms with Crippen molar-refractivity contribution < 1.29 is 14.6 Å². The lowest BCUT2D eigenvalue weighted by Crippen LogP contribution is -2.36. The van der Waals surface area contributed by atoms with E-state index in [1.807, 2.05) is 31.3 Å². The average Bonchev–Trinajstić information content (AvgIpc) is 2.75. The summed E-state index contributed by atoms with van der Waals surface area (Å²) < 4.78 is 4.71. The molecule has 0 radical (unpaired) electrons. The Morgan fingerprint density at radius 1 is 1.50 bits per heavy atom. The standard InChI is InChI=1S/C14H17NO3/c1-9(13(16)18-3)14(17)7-6-10-4-5-11(15-2)8-12(10)14/h4-9,15,17H,1-3H3. The normalized spacial score (nSPS) is 22.4. The van der Waals surface area contributed by atoms with Gasteiger partial charge in [-0.1, -0.05) is 12.1 Å². The number of nitrogens with one attached hydrogen (secondary N) is 1. The number of rotatable bonds is 3. The molecule has 0 amide bonds. The van der Waals surface area contributed by atoms with Crippen molar-refractivity contribution in [3.05, 3.63) is 35.4 Å². The summed E-state index contributed by atoms with van der Waals surface area (Å²) in [6, 6.07) is 5.70. The molecule has 0 fully saturated rings. The van der Waals surface area contributed by atoms with Crippen LogP contribution in [0.15, 0.2) is 24.3 Å². The van der Waals surface area contributed by atoms with Crippen molar-refractivity contribution in [3.8, 4) is 0 Å². The molecule has 0 saturated heterocycles. The van der Waals surface area contributed by atoms with E-state index in [1.165, 1.54) is 7.11 Å². The number of esters is 1. The highest BCUT2D eigenvalue weighted by molar-refractivity contribution is 5.78. The number of ether oxygens (including phenoxy) is 1. The van der Waals surface area contributed by atoms with Gasteiger partial charge in [0, 0.05) is 12.7 Å². The number of hydrogen-bond donors (Lipinski definition) is 2. The van der Waals surface area contributed by atoms with Crippen LogP contribution >= 0.6 is 0 Å². The zero-order valence-electron chi connectivity index (χ0n) is 10.7. The third kappa shape index (κ3) is 1.78. The Balaban J connectivity index is 2.45. The second-order valence-electron chi connectivity index (χ2n) is 4.46. The molecule has 1 aliphatic rings. The molecular formula is C14H17NO3. The SMILES string of the molecule is CNc1ccc2c(c1)C(O)(C(C)C(=O)OC)C=C2. The lowest BCUT2D eigenvalue weighted by molar-refractivity contribution is -0.152. The molecule has 1 aromatic rings. The van der Waals surface area contributed by atoms with Crippen LogP contribution in [0, 0.1) is 5.92 Å². The van der Waals surface area contributed by atoms with E-state index in [1.54, 1.807) is 13.0 Å². The molecule has 0 aromatic heterocycles. The van der Waals surface area contributed by atoms with Crippen molar-refractivity contribution in [1.82, 2.24) is 0 Å². The third-order valence-electron chi connectivity index (χ3n) is 3.51. The van der Waals surface area contributed by atoms with E-state index in [0.717, 1.165) is 16.8 Å².